The Bertz CT molecular complexity index is 638. The van der Waals surface area contributed by atoms with Crippen LogP contribution in [0.1, 0.15) is 41.7 Å². The number of nitrogens with zero attached hydrogens (tertiary/aromatic N) is 1. The minimum Gasteiger partial charge on any atom is -0.477 e. The number of H-pyrrole nitrogens is 1. The number of nitrogens with one attached hydrogen (secondary N) is 1. The molecule has 1 aliphatic rings. The van der Waals surface area contributed by atoms with Crippen molar-refractivity contribution in [2.75, 3.05) is 7.11 Å². The van der Waals surface area contributed by atoms with E-state index in [1.807, 2.05) is 0 Å². The first-order valence-electron chi connectivity index (χ1n) is 7.03. The molecule has 1 heterocycles. The van der Waals surface area contributed by atoms with Gasteiger partial charge in [-0.3, -0.25) is 9.36 Å². The molecule has 116 valence electrons. The summed E-state index contributed by atoms with van der Waals surface area (Å²) in [7, 11) is 1.69. The first-order valence-corrected chi connectivity index (χ1v) is 7.03. The lowest BCUT2D eigenvalue weighted by molar-refractivity contribution is 0.0537. The summed E-state index contributed by atoms with van der Waals surface area (Å²) in [4.78, 5) is 37.3. The molecule has 0 atom stereocenters. The van der Waals surface area contributed by atoms with Crippen LogP contribution in [0.3, 0.4) is 0 Å². The molecule has 1 fully saturated rings. The number of hydrogen-bond acceptors (Lipinski definition) is 4. The van der Waals surface area contributed by atoms with E-state index in [9.17, 15) is 14.4 Å². The normalized spacial score (nSPS) is 22.2. The molecule has 2 rings (SSSR count). The molecule has 0 unspecified atom stereocenters. The van der Waals surface area contributed by atoms with Crippen molar-refractivity contribution in [1.29, 1.82) is 0 Å². The minimum atomic E-state index is -1.30. The van der Waals surface area contributed by atoms with Crippen molar-refractivity contribution in [1.82, 2.24) is 9.55 Å². The van der Waals surface area contributed by atoms with E-state index in [0.29, 0.717) is 6.54 Å². The third-order valence-corrected chi connectivity index (χ3v) is 4.20. The molecule has 21 heavy (non-hydrogen) atoms. The van der Waals surface area contributed by atoms with Crippen LogP contribution in [0.5, 0.6) is 0 Å². The maximum atomic E-state index is 12.2. The fourth-order valence-electron chi connectivity index (χ4n) is 2.86. The minimum absolute atomic E-state index is 0.0627. The van der Waals surface area contributed by atoms with Crippen LogP contribution in [0.15, 0.2) is 9.59 Å². The molecule has 1 saturated carbocycles. The lowest BCUT2D eigenvalue weighted by atomic mass is 9.87. The third kappa shape index (κ3) is 3.24. The molecule has 0 radical (unpaired) electrons. The summed E-state index contributed by atoms with van der Waals surface area (Å²) in [5, 5.41) is 8.95. The van der Waals surface area contributed by atoms with E-state index in [4.69, 9.17) is 9.84 Å². The van der Waals surface area contributed by atoms with Gasteiger partial charge in [-0.25, -0.2) is 9.59 Å². The van der Waals surface area contributed by atoms with Crippen LogP contribution < -0.4 is 11.2 Å². The van der Waals surface area contributed by atoms with Crippen LogP contribution in [0.25, 0.3) is 0 Å². The highest BCUT2D eigenvalue weighted by Crippen LogP contribution is 2.26. The zero-order chi connectivity index (χ0) is 15.6. The van der Waals surface area contributed by atoms with Gasteiger partial charge in [0, 0.05) is 19.2 Å². The van der Waals surface area contributed by atoms with Gasteiger partial charge in [-0.1, -0.05) is 0 Å². The first-order chi connectivity index (χ1) is 9.93. The number of carboxylic acid groups (broad SMARTS) is 1. The van der Waals surface area contributed by atoms with E-state index < -0.39 is 17.2 Å². The van der Waals surface area contributed by atoms with Crippen LogP contribution in [-0.2, 0) is 11.3 Å². The number of carboxylic acids is 1. The van der Waals surface area contributed by atoms with Gasteiger partial charge in [0.05, 0.1) is 6.10 Å². The highest BCUT2D eigenvalue weighted by Gasteiger charge is 2.23. The molecule has 1 aliphatic carbocycles. The molecule has 7 heteroatoms. The molecule has 0 amide bonds. The SMILES string of the molecule is COC1CCC(Cn2c(=O)[nH]c(C(=O)O)c(C)c2=O)CC1. The largest absolute Gasteiger partial charge is 0.477 e. The second-order valence-electron chi connectivity index (χ2n) is 5.53. The Morgan fingerprint density at radius 3 is 2.48 bits per heavy atom. The average molecular weight is 296 g/mol. The van der Waals surface area contributed by atoms with Crippen molar-refractivity contribution in [2.24, 2.45) is 5.92 Å². The van der Waals surface area contributed by atoms with E-state index in [1.54, 1.807) is 7.11 Å². The smallest absolute Gasteiger partial charge is 0.352 e. The first kappa shape index (κ1) is 15.5. The molecule has 1 aromatic rings. The van der Waals surface area contributed by atoms with Crippen molar-refractivity contribution in [3.63, 3.8) is 0 Å². The second-order valence-corrected chi connectivity index (χ2v) is 5.53. The quantitative estimate of drug-likeness (QED) is 0.853. The number of ether oxygens (including phenoxy) is 1. The van der Waals surface area contributed by atoms with E-state index in [-0.39, 0.29) is 23.3 Å². The van der Waals surface area contributed by atoms with E-state index in [2.05, 4.69) is 4.98 Å². The number of hydrogen-bond donors (Lipinski definition) is 2. The van der Waals surface area contributed by atoms with E-state index >= 15 is 0 Å². The molecule has 0 aliphatic heterocycles. The van der Waals surface area contributed by atoms with Gasteiger partial charge in [0.2, 0.25) is 0 Å². The van der Waals surface area contributed by atoms with E-state index in [1.165, 1.54) is 6.92 Å². The molecular formula is C14H20N2O5. The van der Waals surface area contributed by atoms with Crippen molar-refractivity contribution in [2.45, 2.75) is 45.3 Å². The topological polar surface area (TPSA) is 101 Å². The molecule has 2 N–H and O–H groups in total. The van der Waals surface area contributed by atoms with Gasteiger partial charge in [0.1, 0.15) is 5.69 Å². The number of aromatic nitrogens is 2. The number of rotatable bonds is 4. The van der Waals surface area contributed by atoms with E-state index in [0.717, 1.165) is 30.3 Å². The summed E-state index contributed by atoms with van der Waals surface area (Å²) in [5.41, 5.74) is -1.45. The van der Waals surface area contributed by atoms with Crippen molar-refractivity contribution >= 4 is 5.97 Å². The average Bonchev–Trinajstić information content (AvgIpc) is 2.47. The van der Waals surface area contributed by atoms with Crippen LogP contribution >= 0.6 is 0 Å². The third-order valence-electron chi connectivity index (χ3n) is 4.20. The molecule has 0 saturated heterocycles. The highest BCUT2D eigenvalue weighted by atomic mass is 16.5. The Hall–Kier alpha value is -1.89. The monoisotopic (exact) mass is 296 g/mol. The molecule has 7 nitrogen and oxygen atoms in total. The summed E-state index contributed by atoms with van der Waals surface area (Å²) in [5.74, 6) is -1.06. The fourth-order valence-corrected chi connectivity index (χ4v) is 2.86. The Balaban J connectivity index is 2.22. The summed E-state index contributed by atoms with van der Waals surface area (Å²) < 4.78 is 6.41. The Labute approximate surface area is 121 Å². The number of carbonyl (C=O) groups is 1. The van der Waals surface area contributed by atoms with Crippen molar-refractivity contribution < 1.29 is 14.6 Å². The highest BCUT2D eigenvalue weighted by molar-refractivity contribution is 5.86. The lowest BCUT2D eigenvalue weighted by Gasteiger charge is -2.27. The predicted molar refractivity (Wildman–Crippen MR) is 75.8 cm³/mol. The number of aromatic carboxylic acids is 1. The van der Waals surface area contributed by atoms with Gasteiger partial charge in [0.15, 0.2) is 0 Å². The van der Waals surface area contributed by atoms with Gasteiger partial charge < -0.3 is 14.8 Å². The van der Waals surface area contributed by atoms with Gasteiger partial charge >= 0.3 is 11.7 Å². The van der Waals surface area contributed by atoms with Gasteiger partial charge in [-0.15, -0.1) is 0 Å². The second kappa shape index (κ2) is 6.26. The standard InChI is InChI=1S/C14H20N2O5/c1-8-11(13(18)19)15-14(20)16(12(8)17)7-9-3-5-10(21-2)6-4-9/h9-10H,3-7H2,1-2H3,(H,15,20)(H,18,19). The number of aromatic amines is 1. The van der Waals surface area contributed by atoms with Crippen LogP contribution in [-0.4, -0.2) is 33.8 Å². The molecule has 0 aromatic carbocycles. The summed E-state index contributed by atoms with van der Waals surface area (Å²) >= 11 is 0. The fraction of sp³-hybridized carbons (Fsp3) is 0.643. The Morgan fingerprint density at radius 2 is 1.95 bits per heavy atom. The van der Waals surface area contributed by atoms with Crippen LogP contribution in [0, 0.1) is 12.8 Å². The maximum absolute atomic E-state index is 12.2. The summed E-state index contributed by atoms with van der Waals surface area (Å²) in [6.07, 6.45) is 3.88. The maximum Gasteiger partial charge on any atom is 0.352 e. The van der Waals surface area contributed by atoms with Crippen LogP contribution in [0.4, 0.5) is 0 Å². The summed E-state index contributed by atoms with van der Waals surface area (Å²) in [6.45, 7) is 1.74. The van der Waals surface area contributed by atoms with Crippen molar-refractivity contribution in [3.8, 4) is 0 Å². The molecular weight excluding hydrogens is 276 g/mol. The summed E-state index contributed by atoms with van der Waals surface area (Å²) in [6, 6.07) is 0. The lowest BCUT2D eigenvalue weighted by Crippen LogP contribution is -2.41. The number of methoxy groups -OCH3 is 1. The van der Waals surface area contributed by atoms with Crippen molar-refractivity contribution in [3.05, 3.63) is 32.1 Å². The molecule has 1 aromatic heterocycles. The van der Waals surface area contributed by atoms with Gasteiger partial charge in [-0.05, 0) is 38.5 Å². The Kier molecular flexibility index (Phi) is 4.62. The molecule has 0 spiro atoms. The van der Waals surface area contributed by atoms with Crippen LogP contribution in [0.2, 0.25) is 0 Å². The zero-order valence-corrected chi connectivity index (χ0v) is 12.2. The zero-order valence-electron chi connectivity index (χ0n) is 12.2. The van der Waals surface area contributed by atoms with Gasteiger partial charge in [0.25, 0.3) is 5.56 Å². The van der Waals surface area contributed by atoms with Gasteiger partial charge in [-0.2, -0.15) is 0 Å². The predicted octanol–water partition coefficient (Wildman–Crippen LogP) is 0.748. The molecule has 0 bridgehead atoms. The Morgan fingerprint density at radius 1 is 1.33 bits per heavy atom.